The Morgan fingerprint density at radius 3 is 1.75 bits per heavy atom. The first-order valence-corrected chi connectivity index (χ1v) is 21.8. The van der Waals surface area contributed by atoms with E-state index in [1.54, 1.807) is 13.8 Å². The summed E-state index contributed by atoms with van der Waals surface area (Å²) in [5.74, 6) is -14.3. The highest BCUT2D eigenvalue weighted by atomic mass is 18.2. The zero-order chi connectivity index (χ0) is 50.3. The molecule has 0 fully saturated rings. The number of carbonyl (C=O) groups is 10. The van der Waals surface area contributed by atoms with Crippen molar-refractivity contribution >= 4 is 58.9 Å². The lowest BCUT2D eigenvalue weighted by molar-refractivity contribution is -0.143. The number of hydrogen-bond donors (Lipinski definition) is 7. The van der Waals surface area contributed by atoms with E-state index in [1.165, 1.54) is 13.1 Å². The van der Waals surface area contributed by atoms with Crippen LogP contribution in [0.2, 0.25) is 0 Å². The molecule has 0 saturated carbocycles. The predicted molar refractivity (Wildman–Crippen MR) is 228 cm³/mol. The van der Waals surface area contributed by atoms with Crippen molar-refractivity contribution in [2.45, 2.75) is 104 Å². The van der Waals surface area contributed by atoms with Crippen LogP contribution in [0.4, 0.5) is 4.39 Å². The van der Waals surface area contributed by atoms with Crippen molar-refractivity contribution < 1.29 is 91.7 Å². The number of amides is 3. The lowest BCUT2D eigenvalue weighted by atomic mass is 9.86. The molecule has 1 heterocycles. The van der Waals surface area contributed by atoms with Crippen molar-refractivity contribution in [2.24, 2.45) is 23.7 Å². The second-order valence-electron chi connectivity index (χ2n) is 15.9. The lowest BCUT2D eigenvalue weighted by Gasteiger charge is -2.26. The molecular formula is C42H65FN6O18. The monoisotopic (exact) mass is 959 g/mol. The van der Waals surface area contributed by atoms with Crippen molar-refractivity contribution in [1.82, 2.24) is 30.9 Å². The van der Waals surface area contributed by atoms with Gasteiger partial charge in [-0.15, -0.1) is 5.10 Å². The van der Waals surface area contributed by atoms with E-state index >= 15 is 0 Å². The molecule has 0 aromatic carbocycles. The topological polar surface area (TPSA) is 355 Å². The Morgan fingerprint density at radius 1 is 0.642 bits per heavy atom. The number of nitrogens with zero attached hydrogens (tertiary/aromatic N) is 3. The number of aromatic nitrogens is 3. The van der Waals surface area contributed by atoms with Gasteiger partial charge in [0.25, 0.3) is 0 Å². The number of carbonyl (C=O) groups excluding carboxylic acids is 6. The Labute approximate surface area is 386 Å². The van der Waals surface area contributed by atoms with E-state index in [4.69, 9.17) is 24.1 Å². The maximum atomic E-state index is 13.7. The van der Waals surface area contributed by atoms with Gasteiger partial charge in [0, 0.05) is 50.3 Å². The molecule has 0 radical (unpaired) electrons. The Morgan fingerprint density at radius 2 is 1.19 bits per heavy atom. The summed E-state index contributed by atoms with van der Waals surface area (Å²) in [7, 11) is 0. The first-order valence-electron chi connectivity index (χ1n) is 21.8. The Hall–Kier alpha value is -5.79. The smallest absolute Gasteiger partial charge is 0.305 e. The molecule has 7 N–H and O–H groups in total. The molecule has 0 aliphatic carbocycles. The highest BCUT2D eigenvalue weighted by Gasteiger charge is 2.35. The first-order chi connectivity index (χ1) is 31.7. The predicted octanol–water partition coefficient (Wildman–Crippen LogP) is 0.0234. The molecule has 378 valence electrons. The SMILES string of the molecule is CC(C)C(CC(=O)[C@H](CCC(=O)O)NC(=O)[C@H](CC(=O)O)CC(=O)Cn1cc(CCC[18F])nn1)C(=O)N[C@@H](CC(=O)O)C(=O)C[C@@H](C)C(=O)NCCOCCOCCOCCOCCC(=O)O. The number of alkyl halides is 1. The summed E-state index contributed by atoms with van der Waals surface area (Å²) in [5, 5.41) is 51.9. The standard InChI is InChI=1S/C42H65FN6O18/c1-26(2)31(22-35(52)32(6-7-36(53)54)45-41(62)28(21-38(57)58)20-30(50)25-49-24-29(47-48-49)5-4-9-43)42(63)46-33(23-39(59)60)34(51)19-27(3)40(61)44-10-12-65-14-16-67-18-17-66-15-13-64-11-8-37(55)56/h24,26-28,31-33H,4-23,25H2,1-3H3,(H,44,61)(H,45,62)(H,46,63)(H,53,54)(H,55,56)(H,57,58)(H,59,60)/t27-,28+,31?,32+,33+/m1/s1/i43-1. The van der Waals surface area contributed by atoms with Crippen molar-refractivity contribution in [3.8, 4) is 0 Å². The number of halogens is 1. The normalized spacial score (nSPS) is 13.4. The number of aryl methyl sites for hydroxylation is 1. The van der Waals surface area contributed by atoms with Crippen LogP contribution in [0.25, 0.3) is 0 Å². The van der Waals surface area contributed by atoms with Gasteiger partial charge in [0.1, 0.15) is 6.54 Å². The fourth-order valence-electron chi connectivity index (χ4n) is 6.21. The van der Waals surface area contributed by atoms with Crippen LogP contribution in [0.15, 0.2) is 6.20 Å². The minimum Gasteiger partial charge on any atom is -0.481 e. The van der Waals surface area contributed by atoms with Crippen LogP contribution in [-0.2, 0) is 79.9 Å². The van der Waals surface area contributed by atoms with Crippen molar-refractivity contribution in [3.05, 3.63) is 11.9 Å². The van der Waals surface area contributed by atoms with Gasteiger partial charge in [0.05, 0.1) is 102 Å². The van der Waals surface area contributed by atoms with Crippen LogP contribution in [-0.4, -0.2) is 173 Å². The summed E-state index contributed by atoms with van der Waals surface area (Å²) in [5.41, 5.74) is 0.411. The van der Waals surface area contributed by atoms with E-state index in [2.05, 4.69) is 26.3 Å². The number of nitrogens with one attached hydrogen (secondary N) is 3. The third-order valence-corrected chi connectivity index (χ3v) is 9.83. The largest absolute Gasteiger partial charge is 0.481 e. The summed E-state index contributed by atoms with van der Waals surface area (Å²) < 4.78 is 34.8. The van der Waals surface area contributed by atoms with Crippen LogP contribution >= 0.6 is 0 Å². The molecule has 24 nitrogen and oxygen atoms in total. The molecule has 25 heteroatoms. The van der Waals surface area contributed by atoms with Crippen molar-refractivity contribution in [2.75, 3.05) is 66.1 Å². The molecular weight excluding hydrogens is 894 g/mol. The van der Waals surface area contributed by atoms with Crippen molar-refractivity contribution in [3.63, 3.8) is 0 Å². The number of rotatable bonds is 41. The quantitative estimate of drug-likeness (QED) is 0.0425. The first kappa shape index (κ1) is 59.2. The molecule has 0 saturated heterocycles. The number of carboxylic acid groups (broad SMARTS) is 4. The summed E-state index contributed by atoms with van der Waals surface area (Å²) in [6.45, 7) is 5.34. The molecule has 1 aromatic rings. The summed E-state index contributed by atoms with van der Waals surface area (Å²) in [6.07, 6.45) is -2.76. The number of Topliss-reactive ketones (excluding diaryl/α,β-unsaturated/α-hetero) is 3. The van der Waals surface area contributed by atoms with Crippen LogP contribution in [0.5, 0.6) is 0 Å². The van der Waals surface area contributed by atoms with Crippen LogP contribution in [0.3, 0.4) is 0 Å². The number of carboxylic acids is 4. The van der Waals surface area contributed by atoms with E-state index in [0.717, 1.165) is 4.68 Å². The molecule has 3 amide bonds. The highest BCUT2D eigenvalue weighted by molar-refractivity contribution is 5.97. The van der Waals surface area contributed by atoms with E-state index < -0.39 is 153 Å². The molecule has 0 bridgehead atoms. The van der Waals surface area contributed by atoms with Crippen LogP contribution in [0.1, 0.15) is 84.3 Å². The highest BCUT2D eigenvalue weighted by Crippen LogP contribution is 2.21. The second kappa shape index (κ2) is 33.6. The fraction of sp³-hybridized carbons (Fsp3) is 0.714. The van der Waals surface area contributed by atoms with Gasteiger partial charge >= 0.3 is 23.9 Å². The number of aliphatic carboxylic acids is 4. The molecule has 67 heavy (non-hydrogen) atoms. The van der Waals surface area contributed by atoms with Gasteiger partial charge in [-0.2, -0.15) is 0 Å². The summed E-state index contributed by atoms with van der Waals surface area (Å²) in [4.78, 5) is 125. The van der Waals surface area contributed by atoms with Gasteiger partial charge in [0.2, 0.25) is 17.7 Å². The summed E-state index contributed by atoms with van der Waals surface area (Å²) >= 11 is 0. The molecule has 0 aliphatic rings. The minimum absolute atomic E-state index is 0.0724. The lowest BCUT2D eigenvalue weighted by Crippen LogP contribution is -2.49. The molecule has 0 spiro atoms. The zero-order valence-corrected chi connectivity index (χ0v) is 38.1. The second-order valence-corrected chi connectivity index (χ2v) is 15.9. The molecule has 1 unspecified atom stereocenters. The third kappa shape index (κ3) is 27.5. The van der Waals surface area contributed by atoms with E-state index in [-0.39, 0.29) is 78.7 Å². The average molecular weight is 960 g/mol. The number of hydrogen-bond acceptors (Lipinski definition) is 16. The summed E-state index contributed by atoms with van der Waals surface area (Å²) in [6, 6.07) is -3.17. The van der Waals surface area contributed by atoms with Crippen LogP contribution in [0, 0.1) is 23.7 Å². The number of ketones is 3. The third-order valence-electron chi connectivity index (χ3n) is 9.83. The number of ether oxygens (including phenoxy) is 4. The Kier molecular flexibility index (Phi) is 29.7. The van der Waals surface area contributed by atoms with Gasteiger partial charge < -0.3 is 55.3 Å². The van der Waals surface area contributed by atoms with Crippen LogP contribution < -0.4 is 16.0 Å². The Bertz CT molecular complexity index is 1780. The van der Waals surface area contributed by atoms with Gasteiger partial charge in [-0.1, -0.05) is 26.0 Å². The van der Waals surface area contributed by atoms with Crippen molar-refractivity contribution in [1.29, 1.82) is 0 Å². The molecule has 1 aromatic heterocycles. The minimum atomic E-state index is -1.61. The molecule has 5 atom stereocenters. The van der Waals surface area contributed by atoms with E-state index in [0.29, 0.717) is 5.69 Å². The Balaban J connectivity index is 2.81. The van der Waals surface area contributed by atoms with E-state index in [1.807, 2.05) is 0 Å². The molecule has 1 rings (SSSR count). The fourth-order valence-corrected chi connectivity index (χ4v) is 6.21. The van der Waals surface area contributed by atoms with E-state index in [9.17, 15) is 67.7 Å². The zero-order valence-electron chi connectivity index (χ0n) is 38.1. The van der Waals surface area contributed by atoms with Gasteiger partial charge in [0.15, 0.2) is 17.3 Å². The van der Waals surface area contributed by atoms with Gasteiger partial charge in [-0.3, -0.25) is 52.3 Å². The molecule has 0 aliphatic heterocycles. The van der Waals surface area contributed by atoms with Gasteiger partial charge in [-0.05, 0) is 25.2 Å². The van der Waals surface area contributed by atoms with Gasteiger partial charge in [-0.25, -0.2) is 4.68 Å². The maximum Gasteiger partial charge on any atom is 0.305 e. The average Bonchev–Trinajstić information content (AvgIpc) is 3.69. The maximum absolute atomic E-state index is 13.7.